The summed E-state index contributed by atoms with van der Waals surface area (Å²) in [4.78, 5) is 7.90. The molecule has 0 aliphatic carbocycles. The van der Waals surface area contributed by atoms with Crippen LogP contribution in [0, 0.1) is 18.7 Å². The third-order valence-corrected chi connectivity index (χ3v) is 7.66. The summed E-state index contributed by atoms with van der Waals surface area (Å²) in [5.41, 5.74) is 4.57. The summed E-state index contributed by atoms with van der Waals surface area (Å²) in [7, 11) is 1.94. The lowest BCUT2D eigenvalue weighted by atomic mass is 9.85. The number of hydrogen-bond donors (Lipinski definition) is 2. The molecule has 200 valence electrons. The number of aliphatic hydroxyl groups excluding tert-OH is 1. The first-order chi connectivity index (χ1) is 17.7. The van der Waals surface area contributed by atoms with Gasteiger partial charge in [0.25, 0.3) is 0 Å². The van der Waals surface area contributed by atoms with E-state index in [0.717, 1.165) is 28.6 Å². The van der Waals surface area contributed by atoms with Gasteiger partial charge in [-0.05, 0) is 63.1 Å². The van der Waals surface area contributed by atoms with Crippen LogP contribution in [0.5, 0.6) is 5.75 Å². The number of aromatic amines is 1. The molecule has 1 aromatic heterocycles. The molecule has 5 nitrogen and oxygen atoms in total. The van der Waals surface area contributed by atoms with Crippen molar-refractivity contribution in [1.82, 2.24) is 14.8 Å². The second kappa shape index (κ2) is 11.7. The number of nitrogens with zero attached hydrogens (tertiary/aromatic N) is 2. The van der Waals surface area contributed by atoms with Gasteiger partial charge in [0, 0.05) is 53.8 Å². The van der Waals surface area contributed by atoms with E-state index in [1.54, 1.807) is 6.07 Å². The highest BCUT2D eigenvalue weighted by Gasteiger charge is 2.39. The van der Waals surface area contributed by atoms with Gasteiger partial charge in [-0.25, -0.2) is 4.39 Å². The molecular formula is C30H39F2N3O2. The minimum absolute atomic E-state index is 0.117. The van der Waals surface area contributed by atoms with E-state index in [4.69, 9.17) is 4.74 Å². The van der Waals surface area contributed by atoms with Gasteiger partial charge in [-0.2, -0.15) is 0 Å². The van der Waals surface area contributed by atoms with Crippen molar-refractivity contribution < 1.29 is 18.6 Å². The lowest BCUT2D eigenvalue weighted by Gasteiger charge is -2.42. The predicted octanol–water partition coefficient (Wildman–Crippen LogP) is 6.33. The van der Waals surface area contributed by atoms with Crippen LogP contribution in [0.1, 0.15) is 48.7 Å². The predicted molar refractivity (Wildman–Crippen MR) is 146 cm³/mol. The fourth-order valence-corrected chi connectivity index (χ4v) is 5.44. The number of benzene rings is 2. The first-order valence-corrected chi connectivity index (χ1v) is 13.1. The Bertz CT molecular complexity index is 1240. The lowest BCUT2D eigenvalue weighted by Crippen LogP contribution is -2.45. The Morgan fingerprint density at radius 2 is 2.03 bits per heavy atom. The molecule has 0 amide bonds. The Morgan fingerprint density at radius 1 is 1.27 bits per heavy atom. The van der Waals surface area contributed by atoms with Crippen molar-refractivity contribution >= 4 is 10.9 Å². The zero-order chi connectivity index (χ0) is 26.7. The summed E-state index contributed by atoms with van der Waals surface area (Å²) >= 11 is 0. The zero-order valence-corrected chi connectivity index (χ0v) is 22.4. The number of aromatic nitrogens is 1. The van der Waals surface area contributed by atoms with Crippen molar-refractivity contribution in [2.75, 3.05) is 40.0 Å². The number of alkyl halides is 1. The number of rotatable bonds is 11. The highest BCUT2D eigenvalue weighted by Crippen LogP contribution is 2.44. The smallest absolute Gasteiger partial charge is 0.128 e. The Morgan fingerprint density at radius 3 is 2.76 bits per heavy atom. The van der Waals surface area contributed by atoms with Crippen molar-refractivity contribution in [3.8, 4) is 5.75 Å². The Labute approximate surface area is 218 Å². The number of ether oxygens (including phenoxy) is 1. The maximum Gasteiger partial charge on any atom is 0.128 e. The molecular weight excluding hydrogens is 472 g/mol. The number of fused-ring (bicyclic) bond motifs is 3. The van der Waals surface area contributed by atoms with E-state index in [9.17, 15) is 9.50 Å². The van der Waals surface area contributed by atoms with Crippen molar-refractivity contribution in [1.29, 1.82) is 0 Å². The summed E-state index contributed by atoms with van der Waals surface area (Å²) in [6.45, 7) is 11.7. The van der Waals surface area contributed by atoms with Gasteiger partial charge < -0.3 is 19.7 Å². The molecule has 0 fully saturated rings. The molecule has 4 rings (SSSR count). The van der Waals surface area contributed by atoms with Gasteiger partial charge in [0.1, 0.15) is 18.2 Å². The van der Waals surface area contributed by atoms with Crippen molar-refractivity contribution in [3.05, 3.63) is 76.9 Å². The van der Waals surface area contributed by atoms with Gasteiger partial charge in [0.15, 0.2) is 0 Å². The number of halogens is 2. The maximum atomic E-state index is 15.7. The quantitative estimate of drug-likeness (QED) is 0.296. The highest BCUT2D eigenvalue weighted by molar-refractivity contribution is 5.85. The first-order valence-electron chi connectivity index (χ1n) is 13.1. The minimum Gasteiger partial charge on any atom is -0.513 e. The van der Waals surface area contributed by atoms with E-state index in [-0.39, 0.29) is 36.3 Å². The lowest BCUT2D eigenvalue weighted by molar-refractivity contribution is 0.121. The molecule has 0 saturated carbocycles. The van der Waals surface area contributed by atoms with Crippen molar-refractivity contribution in [3.63, 3.8) is 0 Å². The Kier molecular flexibility index (Phi) is 8.55. The fraction of sp³-hybridized carbons (Fsp3) is 0.467. The van der Waals surface area contributed by atoms with E-state index >= 15 is 4.39 Å². The summed E-state index contributed by atoms with van der Waals surface area (Å²) in [6, 6.07) is 11.1. The number of nitrogens with one attached hydrogen (secondary N) is 1. The monoisotopic (exact) mass is 511 g/mol. The molecule has 0 saturated heterocycles. The Hall–Kier alpha value is -2.90. The molecule has 2 aromatic carbocycles. The third-order valence-electron chi connectivity index (χ3n) is 7.66. The molecule has 0 radical (unpaired) electrons. The van der Waals surface area contributed by atoms with E-state index < -0.39 is 0 Å². The number of aliphatic hydroxyl groups is 1. The van der Waals surface area contributed by atoms with E-state index in [2.05, 4.69) is 35.5 Å². The minimum atomic E-state index is -0.372. The number of para-hydroxylation sites is 1. The average Bonchev–Trinajstić information content (AvgIpc) is 3.23. The van der Waals surface area contributed by atoms with Gasteiger partial charge in [0.05, 0.1) is 18.5 Å². The number of hydrogen-bond acceptors (Lipinski definition) is 4. The third kappa shape index (κ3) is 5.68. The van der Waals surface area contributed by atoms with Gasteiger partial charge >= 0.3 is 0 Å². The average molecular weight is 512 g/mol. The molecule has 2 heterocycles. The SMILES string of the molecule is C=C(O)[C@H](C)CN1C(c2c(F)ccc(OCCN(C)CCCF)c2C)c2[nH]c3ccccc3c2C[C@H]1C. The molecule has 37 heavy (non-hydrogen) atoms. The molecule has 2 N–H and O–H groups in total. The van der Waals surface area contributed by atoms with Gasteiger partial charge in [-0.15, -0.1) is 0 Å². The standard InChI is InChI=1S/C30H39F2N3O2/c1-19(22(4)36)18-35-20(2)17-24-23-9-6-7-10-26(23)33-29(24)30(35)28-21(3)27(12-11-25(28)32)37-16-15-34(5)14-8-13-31/h6-7,9-12,19-20,30,33,36H,4,8,13-18H2,1-3,5H3/t19-,20-,30?/m1/s1. The highest BCUT2D eigenvalue weighted by atomic mass is 19.1. The van der Waals surface area contributed by atoms with Crippen LogP contribution in [0.25, 0.3) is 10.9 Å². The zero-order valence-electron chi connectivity index (χ0n) is 22.4. The molecule has 3 atom stereocenters. The second-order valence-electron chi connectivity index (χ2n) is 10.4. The largest absolute Gasteiger partial charge is 0.513 e. The second-order valence-corrected chi connectivity index (χ2v) is 10.4. The molecule has 1 aliphatic rings. The van der Waals surface area contributed by atoms with Gasteiger partial charge in [-0.3, -0.25) is 9.29 Å². The van der Waals surface area contributed by atoms with Crippen LogP contribution in [0.4, 0.5) is 8.78 Å². The molecule has 1 aliphatic heterocycles. The molecule has 0 bridgehead atoms. The van der Waals surface area contributed by atoms with Crippen LogP contribution in [0.15, 0.2) is 48.7 Å². The van der Waals surface area contributed by atoms with Crippen LogP contribution in [-0.2, 0) is 6.42 Å². The van der Waals surface area contributed by atoms with E-state index in [0.29, 0.717) is 44.0 Å². The first kappa shape index (κ1) is 27.1. The summed E-state index contributed by atoms with van der Waals surface area (Å²) in [5.74, 6) is 0.318. The van der Waals surface area contributed by atoms with E-state index in [1.165, 1.54) is 11.6 Å². The summed E-state index contributed by atoms with van der Waals surface area (Å²) in [5, 5.41) is 11.3. The number of likely N-dealkylation sites (N-methyl/N-ethyl adjacent to an activating group) is 1. The van der Waals surface area contributed by atoms with E-state index in [1.807, 2.05) is 37.9 Å². The normalized spacial score (nSPS) is 18.8. The van der Waals surface area contributed by atoms with Crippen LogP contribution >= 0.6 is 0 Å². The molecule has 0 spiro atoms. The molecule has 3 aromatic rings. The van der Waals surface area contributed by atoms with Gasteiger partial charge in [-0.1, -0.05) is 31.7 Å². The fourth-order valence-electron chi connectivity index (χ4n) is 5.44. The van der Waals surface area contributed by atoms with Crippen LogP contribution in [0.3, 0.4) is 0 Å². The van der Waals surface area contributed by atoms with Crippen LogP contribution < -0.4 is 4.74 Å². The summed E-state index contributed by atoms with van der Waals surface area (Å²) in [6.07, 6.45) is 1.32. The van der Waals surface area contributed by atoms with Crippen LogP contribution in [-0.4, -0.2) is 65.9 Å². The Balaban J connectivity index is 1.74. The maximum absolute atomic E-state index is 15.7. The van der Waals surface area contributed by atoms with Gasteiger partial charge in [0.2, 0.25) is 0 Å². The number of H-pyrrole nitrogens is 1. The van der Waals surface area contributed by atoms with Crippen LogP contribution in [0.2, 0.25) is 0 Å². The van der Waals surface area contributed by atoms with Crippen molar-refractivity contribution in [2.24, 2.45) is 5.92 Å². The van der Waals surface area contributed by atoms with Crippen molar-refractivity contribution in [2.45, 2.75) is 45.7 Å². The molecule has 1 unspecified atom stereocenters. The summed E-state index contributed by atoms with van der Waals surface area (Å²) < 4.78 is 34.4. The molecule has 7 heteroatoms. The topological polar surface area (TPSA) is 51.7 Å².